The second kappa shape index (κ2) is 3.75. The van der Waals surface area contributed by atoms with Crippen molar-refractivity contribution >= 4 is 17.8 Å². The molecule has 0 saturated heterocycles. The second-order valence-corrected chi connectivity index (χ2v) is 2.39. The lowest BCUT2D eigenvalue weighted by molar-refractivity contribution is 0.208. The molecule has 0 aliphatic carbocycles. The number of aromatic nitrogens is 1. The molecule has 0 aromatic carbocycles. The third-order valence-electron chi connectivity index (χ3n) is 1.44. The second-order valence-electron chi connectivity index (χ2n) is 2.39. The number of anilines is 1. The highest BCUT2D eigenvalue weighted by Gasteiger charge is 2.18. The number of nitrogens with one attached hydrogen (secondary N) is 3. The van der Waals surface area contributed by atoms with Gasteiger partial charge in [0.1, 0.15) is 5.56 Å². The molecule has 1 amide bonds. The van der Waals surface area contributed by atoms with E-state index in [4.69, 9.17) is 15.7 Å². The van der Waals surface area contributed by atoms with E-state index in [9.17, 15) is 4.79 Å². The van der Waals surface area contributed by atoms with Crippen LogP contribution in [0.25, 0.3) is 0 Å². The molecular weight excluding hydrogens is 192 g/mol. The molecule has 76 valence electrons. The van der Waals surface area contributed by atoms with Crippen LogP contribution in [0.5, 0.6) is 0 Å². The van der Waals surface area contributed by atoms with E-state index in [1.54, 1.807) is 5.48 Å². The first-order valence-corrected chi connectivity index (χ1v) is 3.51. The fourth-order valence-corrected chi connectivity index (χ4v) is 0.902. The summed E-state index contributed by atoms with van der Waals surface area (Å²) in [5.74, 6) is -0.603. The van der Waals surface area contributed by atoms with E-state index >= 15 is 0 Å². The van der Waals surface area contributed by atoms with Crippen molar-refractivity contribution in [3.05, 3.63) is 11.3 Å². The number of nitrogens with zero attached hydrogens (tertiary/aromatic N) is 1. The smallest absolute Gasteiger partial charge is 0.411 e. The van der Waals surface area contributed by atoms with Crippen LogP contribution in [0, 0.1) is 12.3 Å². The van der Waals surface area contributed by atoms with E-state index in [0.717, 1.165) is 0 Å². The average Bonchev–Trinajstić information content (AvgIpc) is 2.45. The third-order valence-corrected chi connectivity index (χ3v) is 1.44. The Morgan fingerprint density at radius 1 is 1.64 bits per heavy atom. The Hall–Kier alpha value is -2.09. The highest BCUT2D eigenvalue weighted by molar-refractivity contribution is 6.02. The normalized spacial score (nSPS) is 9.57. The molecule has 0 bridgehead atoms. The van der Waals surface area contributed by atoms with E-state index in [2.05, 4.69) is 9.68 Å². The van der Waals surface area contributed by atoms with Crippen molar-refractivity contribution in [2.45, 2.75) is 6.92 Å². The number of amides is 1. The van der Waals surface area contributed by atoms with Crippen molar-refractivity contribution in [2.75, 3.05) is 5.32 Å². The third kappa shape index (κ3) is 1.80. The lowest BCUT2D eigenvalue weighted by Gasteiger charge is -2.01. The first-order chi connectivity index (χ1) is 6.56. The largest absolute Gasteiger partial charge is 0.465 e. The Labute approximate surface area is 78.0 Å². The van der Waals surface area contributed by atoms with Gasteiger partial charge < -0.3 is 9.63 Å². The first-order valence-electron chi connectivity index (χ1n) is 3.51. The summed E-state index contributed by atoms with van der Waals surface area (Å²) in [5, 5.41) is 29.5. The number of amidine groups is 1. The molecule has 0 spiro atoms. The van der Waals surface area contributed by atoms with Crippen molar-refractivity contribution in [1.29, 1.82) is 5.41 Å². The molecule has 0 radical (unpaired) electrons. The Kier molecular flexibility index (Phi) is 2.67. The van der Waals surface area contributed by atoms with Crippen LogP contribution in [0.3, 0.4) is 0 Å². The topological polar surface area (TPSA) is 131 Å². The molecule has 8 nitrogen and oxygen atoms in total. The zero-order valence-electron chi connectivity index (χ0n) is 7.16. The van der Waals surface area contributed by atoms with Gasteiger partial charge in [0.15, 0.2) is 5.84 Å². The summed E-state index contributed by atoms with van der Waals surface area (Å²) >= 11 is 0. The zero-order chi connectivity index (χ0) is 10.7. The van der Waals surface area contributed by atoms with Gasteiger partial charge in [-0.05, 0) is 6.92 Å². The molecule has 0 aliphatic heterocycles. The van der Waals surface area contributed by atoms with E-state index in [1.807, 2.05) is 5.32 Å². The predicted molar refractivity (Wildman–Crippen MR) is 44.6 cm³/mol. The quantitative estimate of drug-likeness (QED) is 0.266. The van der Waals surface area contributed by atoms with Crippen LogP contribution < -0.4 is 10.8 Å². The Morgan fingerprint density at radius 2 is 2.29 bits per heavy atom. The minimum absolute atomic E-state index is 0.0647. The van der Waals surface area contributed by atoms with Gasteiger partial charge in [0, 0.05) is 0 Å². The monoisotopic (exact) mass is 200 g/mol. The molecule has 1 rings (SSSR count). The number of hydroxylamine groups is 1. The Bertz CT molecular complexity index is 372. The van der Waals surface area contributed by atoms with Crippen LogP contribution >= 0.6 is 0 Å². The Balaban J connectivity index is 3.05. The van der Waals surface area contributed by atoms with Gasteiger partial charge in [-0.25, -0.2) is 4.79 Å². The van der Waals surface area contributed by atoms with Crippen molar-refractivity contribution in [3.8, 4) is 0 Å². The van der Waals surface area contributed by atoms with Gasteiger partial charge >= 0.3 is 6.09 Å². The van der Waals surface area contributed by atoms with Gasteiger partial charge in [0.2, 0.25) is 5.88 Å². The average molecular weight is 200 g/mol. The maximum Gasteiger partial charge on any atom is 0.411 e. The maximum absolute atomic E-state index is 10.3. The number of aryl methyl sites for hydroxylation is 1. The summed E-state index contributed by atoms with van der Waals surface area (Å²) in [5.41, 5.74) is 1.93. The SMILES string of the molecule is Cc1noc(NC(=O)O)c1C(=N)NO. The lowest BCUT2D eigenvalue weighted by Crippen LogP contribution is -2.21. The van der Waals surface area contributed by atoms with E-state index < -0.39 is 11.9 Å². The molecule has 1 aromatic rings. The molecule has 5 N–H and O–H groups in total. The Morgan fingerprint density at radius 3 is 2.79 bits per heavy atom. The number of hydrogen-bond acceptors (Lipinski definition) is 5. The van der Waals surface area contributed by atoms with Gasteiger partial charge in [-0.1, -0.05) is 5.16 Å². The summed E-state index contributed by atoms with van der Waals surface area (Å²) in [6.07, 6.45) is -1.34. The summed E-state index contributed by atoms with van der Waals surface area (Å²) in [4.78, 5) is 10.3. The van der Waals surface area contributed by atoms with E-state index in [0.29, 0.717) is 5.69 Å². The van der Waals surface area contributed by atoms with Crippen LogP contribution in [0.1, 0.15) is 11.3 Å². The molecule has 0 fully saturated rings. The summed E-state index contributed by atoms with van der Waals surface area (Å²) in [6.45, 7) is 1.51. The van der Waals surface area contributed by atoms with Gasteiger partial charge in [-0.2, -0.15) is 0 Å². The molecule has 0 aliphatic rings. The number of rotatable bonds is 2. The fourth-order valence-electron chi connectivity index (χ4n) is 0.902. The molecule has 0 atom stereocenters. The lowest BCUT2D eigenvalue weighted by atomic mass is 10.2. The van der Waals surface area contributed by atoms with Gasteiger partial charge in [0.05, 0.1) is 5.69 Å². The van der Waals surface area contributed by atoms with Crippen molar-refractivity contribution in [2.24, 2.45) is 0 Å². The molecule has 0 unspecified atom stereocenters. The number of carbonyl (C=O) groups is 1. The van der Waals surface area contributed by atoms with Crippen molar-refractivity contribution < 1.29 is 19.6 Å². The van der Waals surface area contributed by atoms with E-state index in [-0.39, 0.29) is 11.4 Å². The number of carboxylic acid groups (broad SMARTS) is 1. The fraction of sp³-hybridized carbons (Fsp3) is 0.167. The predicted octanol–water partition coefficient (Wildman–Crippen LogP) is 0.377. The van der Waals surface area contributed by atoms with E-state index in [1.165, 1.54) is 6.92 Å². The van der Waals surface area contributed by atoms with Gasteiger partial charge in [-0.3, -0.25) is 21.4 Å². The van der Waals surface area contributed by atoms with Gasteiger partial charge in [-0.15, -0.1) is 0 Å². The van der Waals surface area contributed by atoms with Crippen molar-refractivity contribution in [1.82, 2.24) is 10.6 Å². The molecular formula is C6H8N4O4. The minimum Gasteiger partial charge on any atom is -0.465 e. The van der Waals surface area contributed by atoms with Crippen molar-refractivity contribution in [3.63, 3.8) is 0 Å². The molecule has 1 aromatic heterocycles. The van der Waals surface area contributed by atoms with Gasteiger partial charge in [0.25, 0.3) is 0 Å². The maximum atomic E-state index is 10.3. The number of hydrogen-bond donors (Lipinski definition) is 5. The summed E-state index contributed by atoms with van der Waals surface area (Å²) < 4.78 is 4.60. The minimum atomic E-state index is -1.34. The van der Waals surface area contributed by atoms with Crippen LogP contribution in [0.15, 0.2) is 4.52 Å². The molecule has 8 heteroatoms. The summed E-state index contributed by atoms with van der Waals surface area (Å²) in [7, 11) is 0. The van der Waals surface area contributed by atoms with Crippen LogP contribution in [-0.2, 0) is 0 Å². The van der Waals surface area contributed by atoms with Crippen LogP contribution in [0.4, 0.5) is 10.7 Å². The zero-order valence-corrected chi connectivity index (χ0v) is 7.16. The molecule has 14 heavy (non-hydrogen) atoms. The van der Waals surface area contributed by atoms with Crippen LogP contribution in [-0.4, -0.2) is 27.4 Å². The molecule has 1 heterocycles. The molecule has 0 saturated carbocycles. The first kappa shape index (κ1) is 9.99. The highest BCUT2D eigenvalue weighted by Crippen LogP contribution is 2.18. The standard InChI is InChI=1S/C6H8N4O4/c1-2-3(4(7)9-13)5(14-10-2)8-6(11)12/h8,13H,1H3,(H2,7,9)(H,11,12). The summed E-state index contributed by atoms with van der Waals surface area (Å²) in [6, 6.07) is 0. The highest BCUT2D eigenvalue weighted by atomic mass is 16.5. The van der Waals surface area contributed by atoms with Crippen LogP contribution in [0.2, 0.25) is 0 Å².